The number of carbonyl (C=O) groups excluding carboxylic acids is 3. The first-order valence-corrected chi connectivity index (χ1v) is 25.3. The molecule has 0 radical (unpaired) electrons. The third-order valence-electron chi connectivity index (χ3n) is 11.3. The summed E-state index contributed by atoms with van der Waals surface area (Å²) in [5, 5.41) is 11.7. The van der Waals surface area contributed by atoms with E-state index in [2.05, 4.69) is 26.0 Å². The number of ether oxygens (including phenoxy) is 4. The number of carbonyl (C=O) groups is 3. The largest absolute Gasteiger partial charge is 0.545 e. The summed E-state index contributed by atoms with van der Waals surface area (Å²) in [7, 11) is 5.92. The van der Waals surface area contributed by atoms with Crippen molar-refractivity contribution in [2.45, 2.75) is 251 Å². The molecule has 0 fully saturated rings. The van der Waals surface area contributed by atoms with Gasteiger partial charge in [-0.25, -0.2) is 0 Å². The maximum atomic E-state index is 12.8. The Bertz CT molecular complexity index is 996. The molecule has 0 aliphatic heterocycles. The van der Waals surface area contributed by atoms with E-state index in [4.69, 9.17) is 18.9 Å². The average Bonchev–Trinajstić information content (AvgIpc) is 3.21. The smallest absolute Gasteiger partial charge is 0.306 e. The average molecular weight is 852 g/mol. The van der Waals surface area contributed by atoms with Crippen molar-refractivity contribution >= 4 is 17.9 Å². The fourth-order valence-electron chi connectivity index (χ4n) is 7.30. The number of hydrogen-bond donors (Lipinski definition) is 0. The van der Waals surface area contributed by atoms with Crippen molar-refractivity contribution in [3.05, 3.63) is 12.2 Å². The van der Waals surface area contributed by atoms with Gasteiger partial charge < -0.3 is 33.3 Å². The van der Waals surface area contributed by atoms with Gasteiger partial charge in [-0.05, 0) is 38.5 Å². The van der Waals surface area contributed by atoms with Gasteiger partial charge in [0.05, 0.1) is 40.3 Å². The number of rotatable bonds is 47. The Labute approximate surface area is 370 Å². The lowest BCUT2D eigenvalue weighted by Crippen LogP contribution is -2.44. The van der Waals surface area contributed by atoms with Crippen molar-refractivity contribution in [3.8, 4) is 0 Å². The van der Waals surface area contributed by atoms with Crippen LogP contribution in [-0.4, -0.2) is 82.3 Å². The fourth-order valence-corrected chi connectivity index (χ4v) is 7.30. The van der Waals surface area contributed by atoms with Crippen LogP contribution in [0.3, 0.4) is 0 Å². The molecule has 9 nitrogen and oxygen atoms in total. The van der Waals surface area contributed by atoms with E-state index in [-0.39, 0.29) is 32.2 Å². The van der Waals surface area contributed by atoms with Gasteiger partial charge in [-0.2, -0.15) is 0 Å². The van der Waals surface area contributed by atoms with Gasteiger partial charge in [0.2, 0.25) is 0 Å². The van der Waals surface area contributed by atoms with Gasteiger partial charge in [-0.3, -0.25) is 9.59 Å². The lowest BCUT2D eigenvalue weighted by atomic mass is 10.0. The SMILES string of the molecule is CCCCCCCCC/C=C\CCCCCCCC(=O)OC(COC(=O)CCCCCCCCCCCCCCCCCCCCC)COC(OCC[N+](C)(C)C)C(=O)[O-]. The number of allylic oxidation sites excluding steroid dienone is 2. The molecule has 354 valence electrons. The summed E-state index contributed by atoms with van der Waals surface area (Å²) in [6.07, 6.45) is 43.8. The Kier molecular flexibility index (Phi) is 42.2. The fraction of sp³-hybridized carbons (Fsp3) is 0.902. The van der Waals surface area contributed by atoms with Gasteiger partial charge >= 0.3 is 11.9 Å². The maximum absolute atomic E-state index is 12.8. The number of likely N-dealkylation sites (N-methyl/N-ethyl adjacent to an activating group) is 1. The first-order valence-electron chi connectivity index (χ1n) is 25.3. The number of carboxylic acid groups (broad SMARTS) is 1. The Balaban J connectivity index is 4.32. The van der Waals surface area contributed by atoms with Crippen LogP contribution in [0.5, 0.6) is 0 Å². The Morgan fingerprint density at radius 1 is 0.483 bits per heavy atom. The number of quaternary nitrogens is 1. The molecule has 0 aliphatic rings. The van der Waals surface area contributed by atoms with Gasteiger partial charge in [0.25, 0.3) is 0 Å². The molecule has 0 aliphatic carbocycles. The highest BCUT2D eigenvalue weighted by molar-refractivity contribution is 5.70. The van der Waals surface area contributed by atoms with Crippen LogP contribution in [0.1, 0.15) is 239 Å². The van der Waals surface area contributed by atoms with Crippen LogP contribution >= 0.6 is 0 Å². The topological polar surface area (TPSA) is 111 Å². The molecule has 60 heavy (non-hydrogen) atoms. The van der Waals surface area contributed by atoms with Crippen LogP contribution in [0.2, 0.25) is 0 Å². The van der Waals surface area contributed by atoms with E-state index < -0.39 is 24.3 Å². The summed E-state index contributed by atoms with van der Waals surface area (Å²) in [6.45, 7) is 4.77. The number of carboxylic acids is 1. The molecule has 0 amide bonds. The standard InChI is InChI=1S/C51H97NO8/c1-6-8-10-12-14-16-18-20-22-24-25-26-28-29-31-33-35-37-39-41-48(53)58-45-47(46-59-51(50(55)56)57-44-43-52(3,4)5)60-49(54)42-40-38-36-34-32-30-27-23-21-19-17-15-13-11-9-7-2/h23,27,47,51H,6-22,24-26,28-46H2,1-5H3/b27-23-. The molecule has 0 aromatic carbocycles. The highest BCUT2D eigenvalue weighted by Crippen LogP contribution is 2.16. The predicted molar refractivity (Wildman–Crippen MR) is 247 cm³/mol. The molecule has 9 heteroatoms. The second kappa shape index (κ2) is 43.7. The van der Waals surface area contributed by atoms with Gasteiger partial charge in [-0.15, -0.1) is 0 Å². The Hall–Kier alpha value is -1.97. The third-order valence-corrected chi connectivity index (χ3v) is 11.3. The van der Waals surface area contributed by atoms with E-state index in [1.807, 2.05) is 21.1 Å². The summed E-state index contributed by atoms with van der Waals surface area (Å²) in [5.74, 6) is -2.28. The molecule has 0 aromatic heterocycles. The number of esters is 2. The van der Waals surface area contributed by atoms with Crippen molar-refractivity contribution < 1.29 is 42.9 Å². The molecule has 0 saturated heterocycles. The van der Waals surface area contributed by atoms with Crippen LogP contribution in [0.15, 0.2) is 12.2 Å². The van der Waals surface area contributed by atoms with E-state index in [0.29, 0.717) is 23.9 Å². The monoisotopic (exact) mass is 852 g/mol. The molecule has 0 saturated carbocycles. The molecule has 0 heterocycles. The van der Waals surface area contributed by atoms with Gasteiger partial charge in [0, 0.05) is 12.8 Å². The van der Waals surface area contributed by atoms with Crippen molar-refractivity contribution in [1.29, 1.82) is 0 Å². The second-order valence-electron chi connectivity index (χ2n) is 18.5. The van der Waals surface area contributed by atoms with Crippen molar-refractivity contribution in [3.63, 3.8) is 0 Å². The summed E-state index contributed by atoms with van der Waals surface area (Å²) < 4.78 is 22.6. The number of aliphatic carboxylic acids is 1. The lowest BCUT2D eigenvalue weighted by Gasteiger charge is -2.26. The molecule has 0 rings (SSSR count). The van der Waals surface area contributed by atoms with Crippen molar-refractivity contribution in [1.82, 2.24) is 0 Å². The van der Waals surface area contributed by atoms with E-state index in [9.17, 15) is 19.5 Å². The Morgan fingerprint density at radius 3 is 1.23 bits per heavy atom. The van der Waals surface area contributed by atoms with Crippen molar-refractivity contribution in [2.24, 2.45) is 0 Å². The summed E-state index contributed by atoms with van der Waals surface area (Å²) >= 11 is 0. The summed E-state index contributed by atoms with van der Waals surface area (Å²) in [4.78, 5) is 37.1. The minimum absolute atomic E-state index is 0.149. The molecule has 0 aromatic rings. The number of nitrogens with zero attached hydrogens (tertiary/aromatic N) is 1. The summed E-state index contributed by atoms with van der Waals surface area (Å²) in [6, 6.07) is 0. The maximum Gasteiger partial charge on any atom is 0.306 e. The zero-order valence-corrected chi connectivity index (χ0v) is 40.1. The first-order chi connectivity index (χ1) is 29.1. The predicted octanol–water partition coefficient (Wildman–Crippen LogP) is 12.5. The van der Waals surface area contributed by atoms with E-state index in [1.54, 1.807) is 0 Å². The van der Waals surface area contributed by atoms with E-state index >= 15 is 0 Å². The highest BCUT2D eigenvalue weighted by Gasteiger charge is 2.22. The van der Waals surface area contributed by atoms with Crippen LogP contribution in [0.25, 0.3) is 0 Å². The van der Waals surface area contributed by atoms with Gasteiger partial charge in [-0.1, -0.05) is 199 Å². The van der Waals surface area contributed by atoms with E-state index in [0.717, 1.165) is 51.4 Å². The minimum atomic E-state index is -1.62. The zero-order chi connectivity index (χ0) is 44.2. The van der Waals surface area contributed by atoms with Gasteiger partial charge in [0.1, 0.15) is 13.2 Å². The normalized spacial score (nSPS) is 12.9. The lowest BCUT2D eigenvalue weighted by molar-refractivity contribution is -0.870. The molecular weight excluding hydrogens is 755 g/mol. The second-order valence-corrected chi connectivity index (χ2v) is 18.5. The first kappa shape index (κ1) is 58.0. The molecule has 2 atom stereocenters. The van der Waals surface area contributed by atoms with E-state index in [1.165, 1.54) is 154 Å². The van der Waals surface area contributed by atoms with Crippen LogP contribution < -0.4 is 5.11 Å². The molecule has 0 bridgehead atoms. The molecule has 0 spiro atoms. The molecular formula is C51H97NO8. The highest BCUT2D eigenvalue weighted by atomic mass is 16.7. The zero-order valence-electron chi connectivity index (χ0n) is 40.1. The van der Waals surface area contributed by atoms with Crippen LogP contribution in [0.4, 0.5) is 0 Å². The summed E-state index contributed by atoms with van der Waals surface area (Å²) in [5.41, 5.74) is 0. The van der Waals surface area contributed by atoms with Crippen molar-refractivity contribution in [2.75, 3.05) is 47.5 Å². The number of hydrogen-bond acceptors (Lipinski definition) is 8. The molecule has 0 N–H and O–H groups in total. The quantitative estimate of drug-likeness (QED) is 0.0196. The molecule has 2 unspecified atom stereocenters. The third kappa shape index (κ3) is 44.1. The number of unbranched alkanes of at least 4 members (excludes halogenated alkanes) is 30. The minimum Gasteiger partial charge on any atom is -0.545 e. The van der Waals surface area contributed by atoms with Gasteiger partial charge in [0.15, 0.2) is 12.4 Å². The Morgan fingerprint density at radius 2 is 0.850 bits per heavy atom. The van der Waals surface area contributed by atoms with Crippen LogP contribution in [-0.2, 0) is 33.3 Å². The van der Waals surface area contributed by atoms with Crippen LogP contribution in [0, 0.1) is 0 Å².